The van der Waals surface area contributed by atoms with Crippen LogP contribution in [0.2, 0.25) is 0 Å². The summed E-state index contributed by atoms with van der Waals surface area (Å²) in [5.41, 5.74) is 3.49. The minimum Gasteiger partial charge on any atom is -0.367 e. The summed E-state index contributed by atoms with van der Waals surface area (Å²) in [7, 11) is 0. The van der Waals surface area contributed by atoms with Crippen LogP contribution in [0.5, 0.6) is 0 Å². The summed E-state index contributed by atoms with van der Waals surface area (Å²) < 4.78 is 2.26. The highest BCUT2D eigenvalue weighted by Crippen LogP contribution is 2.27. The molecule has 3 heterocycles. The molecule has 78 valence electrons. The fraction of sp³-hybridized carbons (Fsp3) is 0.364. The second kappa shape index (κ2) is 3.15. The monoisotopic (exact) mass is 202 g/mol. The fourth-order valence-corrected chi connectivity index (χ4v) is 2.12. The summed E-state index contributed by atoms with van der Waals surface area (Å²) in [6, 6.07) is 2.06. The Morgan fingerprint density at radius 2 is 2.40 bits per heavy atom. The minimum atomic E-state index is 1.01. The van der Waals surface area contributed by atoms with E-state index in [1.54, 1.807) is 0 Å². The lowest BCUT2D eigenvalue weighted by molar-refractivity contribution is 0.615. The quantitative estimate of drug-likeness (QED) is 0.743. The van der Waals surface area contributed by atoms with Crippen molar-refractivity contribution >= 4 is 5.95 Å². The molecule has 0 amide bonds. The molecule has 0 radical (unpaired) electrons. The zero-order valence-electron chi connectivity index (χ0n) is 8.75. The predicted octanol–water partition coefficient (Wildman–Crippen LogP) is 2.00. The molecule has 0 aromatic carbocycles. The maximum atomic E-state index is 4.62. The van der Waals surface area contributed by atoms with Gasteiger partial charge in [0.25, 0.3) is 0 Å². The average Bonchev–Trinajstić information content (AvgIpc) is 2.87. The predicted molar refractivity (Wildman–Crippen MR) is 59.9 cm³/mol. The number of rotatable bonds is 1. The Morgan fingerprint density at radius 1 is 1.47 bits per heavy atom. The number of H-pyrrole nitrogens is 1. The van der Waals surface area contributed by atoms with Crippen molar-refractivity contribution in [2.45, 2.75) is 19.9 Å². The molecular weight excluding hydrogens is 188 g/mol. The van der Waals surface area contributed by atoms with Gasteiger partial charge in [-0.3, -0.25) is 0 Å². The van der Waals surface area contributed by atoms with Gasteiger partial charge in [-0.1, -0.05) is 0 Å². The van der Waals surface area contributed by atoms with Crippen molar-refractivity contribution in [2.24, 2.45) is 0 Å². The molecule has 4 heteroatoms. The van der Waals surface area contributed by atoms with E-state index in [0.29, 0.717) is 0 Å². The third-order valence-corrected chi connectivity index (χ3v) is 2.93. The number of nitrogens with zero attached hydrogens (tertiary/aromatic N) is 2. The van der Waals surface area contributed by atoms with Crippen LogP contribution in [0.25, 0.3) is 11.3 Å². The number of imidazole rings is 1. The molecule has 0 saturated heterocycles. The summed E-state index contributed by atoms with van der Waals surface area (Å²) in [5.74, 6) is 1.01. The summed E-state index contributed by atoms with van der Waals surface area (Å²) in [4.78, 5) is 7.69. The van der Waals surface area contributed by atoms with Gasteiger partial charge in [-0.2, -0.15) is 0 Å². The van der Waals surface area contributed by atoms with E-state index < -0.39 is 0 Å². The van der Waals surface area contributed by atoms with E-state index in [1.165, 1.54) is 12.1 Å². The molecule has 3 rings (SSSR count). The average molecular weight is 202 g/mol. The highest BCUT2D eigenvalue weighted by Gasteiger charge is 2.17. The lowest BCUT2D eigenvalue weighted by atomic mass is 10.2. The Kier molecular flexibility index (Phi) is 1.80. The standard InChI is InChI=1S/C11H14N4/c1-8-10(9-3-5-12-7-9)14-11-13-4-2-6-15(8)11/h3,5,7,12H,2,4,6H2,1H3,(H,13,14). The van der Waals surface area contributed by atoms with Gasteiger partial charge in [0.05, 0.1) is 5.69 Å². The van der Waals surface area contributed by atoms with Crippen LogP contribution in [0.1, 0.15) is 12.1 Å². The number of nitrogens with one attached hydrogen (secondary N) is 2. The van der Waals surface area contributed by atoms with Crippen LogP contribution >= 0.6 is 0 Å². The van der Waals surface area contributed by atoms with E-state index in [9.17, 15) is 0 Å². The van der Waals surface area contributed by atoms with Crippen molar-refractivity contribution < 1.29 is 0 Å². The third kappa shape index (κ3) is 1.25. The summed E-state index contributed by atoms with van der Waals surface area (Å²) in [6.07, 6.45) is 5.10. The van der Waals surface area contributed by atoms with Crippen molar-refractivity contribution in [1.29, 1.82) is 0 Å². The van der Waals surface area contributed by atoms with Crippen LogP contribution in [0.3, 0.4) is 0 Å². The molecule has 0 saturated carbocycles. The first-order valence-corrected chi connectivity index (χ1v) is 5.30. The first-order chi connectivity index (χ1) is 7.36. The Balaban J connectivity index is 2.13. The van der Waals surface area contributed by atoms with E-state index in [-0.39, 0.29) is 0 Å². The number of fused-ring (bicyclic) bond motifs is 1. The maximum absolute atomic E-state index is 4.62. The van der Waals surface area contributed by atoms with Crippen LogP contribution in [0, 0.1) is 6.92 Å². The van der Waals surface area contributed by atoms with E-state index in [2.05, 4.69) is 32.8 Å². The molecule has 15 heavy (non-hydrogen) atoms. The lowest BCUT2D eigenvalue weighted by Crippen LogP contribution is -2.17. The maximum Gasteiger partial charge on any atom is 0.203 e. The van der Waals surface area contributed by atoms with Gasteiger partial charge in [-0.15, -0.1) is 0 Å². The van der Waals surface area contributed by atoms with Gasteiger partial charge in [-0.25, -0.2) is 4.98 Å². The molecule has 0 bridgehead atoms. The smallest absolute Gasteiger partial charge is 0.203 e. The molecule has 0 atom stereocenters. The Labute approximate surface area is 88.3 Å². The van der Waals surface area contributed by atoms with Gasteiger partial charge in [-0.05, 0) is 19.4 Å². The molecule has 1 aliphatic heterocycles. The van der Waals surface area contributed by atoms with E-state index in [4.69, 9.17) is 0 Å². The molecule has 2 N–H and O–H groups in total. The normalized spacial score (nSPS) is 14.7. The van der Waals surface area contributed by atoms with Crippen molar-refractivity contribution in [2.75, 3.05) is 11.9 Å². The Morgan fingerprint density at radius 3 is 3.13 bits per heavy atom. The lowest BCUT2D eigenvalue weighted by Gasteiger charge is -2.16. The van der Waals surface area contributed by atoms with Crippen LogP contribution in [-0.4, -0.2) is 21.1 Å². The molecule has 0 aliphatic carbocycles. The largest absolute Gasteiger partial charge is 0.367 e. The number of aromatic nitrogens is 3. The zero-order valence-corrected chi connectivity index (χ0v) is 8.75. The SMILES string of the molecule is Cc1c(-c2cc[nH]c2)nc2n1CCCN2. The van der Waals surface area contributed by atoms with Gasteiger partial charge in [0.2, 0.25) is 5.95 Å². The van der Waals surface area contributed by atoms with E-state index in [1.807, 2.05) is 12.4 Å². The summed E-state index contributed by atoms with van der Waals surface area (Å²) in [6.45, 7) is 4.24. The third-order valence-electron chi connectivity index (χ3n) is 2.93. The second-order valence-corrected chi connectivity index (χ2v) is 3.90. The fourth-order valence-electron chi connectivity index (χ4n) is 2.12. The van der Waals surface area contributed by atoms with Crippen LogP contribution in [0.4, 0.5) is 5.95 Å². The molecule has 0 spiro atoms. The highest BCUT2D eigenvalue weighted by atomic mass is 15.2. The van der Waals surface area contributed by atoms with Crippen LogP contribution in [0.15, 0.2) is 18.5 Å². The van der Waals surface area contributed by atoms with E-state index >= 15 is 0 Å². The second-order valence-electron chi connectivity index (χ2n) is 3.90. The molecule has 0 fully saturated rings. The molecule has 2 aromatic heterocycles. The number of hydrogen-bond donors (Lipinski definition) is 2. The molecule has 1 aliphatic rings. The first-order valence-electron chi connectivity index (χ1n) is 5.30. The number of hydrogen-bond acceptors (Lipinski definition) is 2. The van der Waals surface area contributed by atoms with E-state index in [0.717, 1.165) is 30.3 Å². The molecular formula is C11H14N4. The van der Waals surface area contributed by atoms with Crippen molar-refractivity contribution in [3.05, 3.63) is 24.2 Å². The minimum absolute atomic E-state index is 1.01. The summed E-state index contributed by atoms with van der Waals surface area (Å²) >= 11 is 0. The van der Waals surface area contributed by atoms with Crippen LogP contribution in [-0.2, 0) is 6.54 Å². The van der Waals surface area contributed by atoms with Crippen molar-refractivity contribution in [3.63, 3.8) is 0 Å². The van der Waals surface area contributed by atoms with Gasteiger partial charge in [0.1, 0.15) is 0 Å². The highest BCUT2D eigenvalue weighted by molar-refractivity contribution is 5.64. The Bertz CT molecular complexity index is 467. The van der Waals surface area contributed by atoms with Gasteiger partial charge in [0.15, 0.2) is 0 Å². The first kappa shape index (κ1) is 8.59. The van der Waals surface area contributed by atoms with Gasteiger partial charge < -0.3 is 14.9 Å². The molecule has 4 nitrogen and oxygen atoms in total. The number of anilines is 1. The van der Waals surface area contributed by atoms with Crippen LogP contribution < -0.4 is 5.32 Å². The summed E-state index contributed by atoms with van der Waals surface area (Å²) in [5, 5.41) is 3.33. The van der Waals surface area contributed by atoms with Gasteiger partial charge >= 0.3 is 0 Å². The number of aromatic amines is 1. The van der Waals surface area contributed by atoms with Gasteiger partial charge in [0, 0.05) is 36.7 Å². The van der Waals surface area contributed by atoms with Crippen molar-refractivity contribution in [3.8, 4) is 11.3 Å². The Hall–Kier alpha value is -1.71. The zero-order chi connectivity index (χ0) is 10.3. The molecule has 0 unspecified atom stereocenters. The topological polar surface area (TPSA) is 45.6 Å². The molecule has 2 aromatic rings. The van der Waals surface area contributed by atoms with Crippen molar-refractivity contribution in [1.82, 2.24) is 14.5 Å².